The lowest BCUT2D eigenvalue weighted by atomic mass is 9.83. The summed E-state index contributed by atoms with van der Waals surface area (Å²) >= 11 is 7.89. The lowest BCUT2D eigenvalue weighted by Gasteiger charge is -2.41. The number of ketones is 1. The maximum Gasteiger partial charge on any atom is 0.181 e. The Morgan fingerprint density at radius 2 is 1.92 bits per heavy atom. The molecule has 0 radical (unpaired) electrons. The zero-order valence-electron chi connectivity index (χ0n) is 21.0. The number of anilines is 2. The van der Waals surface area contributed by atoms with E-state index in [1.807, 2.05) is 29.2 Å². The lowest BCUT2D eigenvalue weighted by molar-refractivity contribution is 0.0430. The molecule has 0 bridgehead atoms. The summed E-state index contributed by atoms with van der Waals surface area (Å²) in [6.07, 6.45) is 7.71. The van der Waals surface area contributed by atoms with Crippen LogP contribution in [0.1, 0.15) is 41.9 Å². The van der Waals surface area contributed by atoms with Crippen LogP contribution in [-0.4, -0.2) is 49.4 Å². The number of hydrogen-bond acceptors (Lipinski definition) is 11. The number of hydrogen-bond donors (Lipinski definition) is 2. The summed E-state index contributed by atoms with van der Waals surface area (Å²) in [6, 6.07) is 9.44. The van der Waals surface area contributed by atoms with Gasteiger partial charge >= 0.3 is 0 Å². The summed E-state index contributed by atoms with van der Waals surface area (Å²) in [4.78, 5) is 37.4. The average Bonchev–Trinajstić information content (AvgIpc) is 3.22. The largest absolute Gasteiger partial charge is 0.485 e. The number of carbonyl (C=O) groups is 1. The number of pyridine rings is 1. The second-order valence-corrected chi connectivity index (χ2v) is 10.9. The molecule has 1 aromatic carbocycles. The Labute approximate surface area is 234 Å². The Morgan fingerprint density at radius 1 is 1.13 bits per heavy atom. The van der Waals surface area contributed by atoms with Crippen molar-refractivity contribution < 1.29 is 9.53 Å². The number of nitrogens with zero attached hydrogens (tertiary/aromatic N) is 6. The molecule has 1 fully saturated rings. The summed E-state index contributed by atoms with van der Waals surface area (Å²) in [6.45, 7) is 2.67. The van der Waals surface area contributed by atoms with Crippen LogP contribution in [0, 0.1) is 0 Å². The Bertz CT molecular complexity index is 1560. The van der Waals surface area contributed by atoms with E-state index < -0.39 is 5.60 Å². The highest BCUT2D eigenvalue weighted by atomic mass is 35.5. The van der Waals surface area contributed by atoms with Gasteiger partial charge in [-0.2, -0.15) is 0 Å². The molecule has 5 heterocycles. The van der Waals surface area contributed by atoms with Crippen molar-refractivity contribution in [1.29, 1.82) is 0 Å². The third-order valence-corrected chi connectivity index (χ3v) is 8.66. The third kappa shape index (κ3) is 4.56. The van der Waals surface area contributed by atoms with E-state index in [0.29, 0.717) is 58.1 Å². The van der Waals surface area contributed by atoms with Crippen molar-refractivity contribution in [2.75, 3.05) is 23.7 Å². The molecule has 0 unspecified atom stereocenters. The van der Waals surface area contributed by atoms with Crippen LogP contribution < -0.4 is 21.1 Å². The van der Waals surface area contributed by atoms with Crippen molar-refractivity contribution in [2.24, 2.45) is 5.73 Å². The van der Waals surface area contributed by atoms with Crippen LogP contribution in [0.2, 0.25) is 5.02 Å². The maximum absolute atomic E-state index is 12.7. The van der Waals surface area contributed by atoms with Gasteiger partial charge in [0.25, 0.3) is 0 Å². The quantitative estimate of drug-likeness (QED) is 0.336. The van der Waals surface area contributed by atoms with Gasteiger partial charge in [0.05, 0.1) is 17.3 Å². The first-order chi connectivity index (χ1) is 18.9. The van der Waals surface area contributed by atoms with Crippen LogP contribution in [0.5, 0.6) is 5.75 Å². The second-order valence-electron chi connectivity index (χ2n) is 9.48. The predicted molar refractivity (Wildman–Crippen MR) is 149 cm³/mol. The Kier molecular flexibility index (Phi) is 6.57. The van der Waals surface area contributed by atoms with E-state index in [2.05, 4.69) is 24.9 Å². The third-order valence-electron chi connectivity index (χ3n) is 7.11. The minimum Gasteiger partial charge on any atom is -0.485 e. The van der Waals surface area contributed by atoms with Crippen molar-refractivity contribution in [1.82, 2.24) is 24.9 Å². The highest BCUT2D eigenvalue weighted by Crippen LogP contribution is 2.47. The number of para-hydroxylation sites is 1. The fourth-order valence-electron chi connectivity index (χ4n) is 5.07. The SMILES string of the molecule is CC(=O)c1nc(Sc2ccnc(-c3cnccn3)c2Cl)c(N)nc1N1CCC2(CC1)Oc1ccccc1[C@H]2N. The average molecular weight is 561 g/mol. The number of rotatable bonds is 5. The number of nitrogens with two attached hydrogens (primary N) is 2. The highest BCUT2D eigenvalue weighted by Gasteiger charge is 2.48. The first-order valence-corrected chi connectivity index (χ1v) is 13.6. The van der Waals surface area contributed by atoms with Gasteiger partial charge in [-0.05, 0) is 12.1 Å². The topological polar surface area (TPSA) is 146 Å². The van der Waals surface area contributed by atoms with Gasteiger partial charge in [-0.3, -0.25) is 19.7 Å². The minimum atomic E-state index is -0.482. The lowest BCUT2D eigenvalue weighted by Crippen LogP contribution is -2.52. The van der Waals surface area contributed by atoms with Gasteiger partial charge < -0.3 is 21.1 Å². The summed E-state index contributed by atoms with van der Waals surface area (Å²) in [7, 11) is 0. The summed E-state index contributed by atoms with van der Waals surface area (Å²) in [5.41, 5.74) is 14.8. The Morgan fingerprint density at radius 3 is 2.64 bits per heavy atom. The number of nitrogen functional groups attached to an aromatic ring is 1. The van der Waals surface area contributed by atoms with Gasteiger partial charge in [-0.1, -0.05) is 41.6 Å². The molecule has 0 aliphatic carbocycles. The molecule has 6 rings (SSSR count). The number of aromatic nitrogens is 5. The number of piperidine rings is 1. The molecule has 4 N–H and O–H groups in total. The molecule has 12 heteroatoms. The summed E-state index contributed by atoms with van der Waals surface area (Å²) in [5, 5.41) is 0.764. The van der Waals surface area contributed by atoms with Crippen LogP contribution in [0.3, 0.4) is 0 Å². The molecule has 39 heavy (non-hydrogen) atoms. The molecule has 1 atom stereocenters. The second kappa shape index (κ2) is 10.1. The first-order valence-electron chi connectivity index (χ1n) is 12.4. The van der Waals surface area contributed by atoms with Gasteiger partial charge in [-0.15, -0.1) is 0 Å². The van der Waals surface area contributed by atoms with Crippen molar-refractivity contribution in [3.05, 3.63) is 71.4 Å². The zero-order valence-corrected chi connectivity index (χ0v) is 22.6. The molecule has 0 saturated carbocycles. The number of fused-ring (bicyclic) bond motifs is 1. The van der Waals surface area contributed by atoms with Crippen LogP contribution in [0.25, 0.3) is 11.4 Å². The van der Waals surface area contributed by atoms with E-state index in [-0.39, 0.29) is 23.3 Å². The number of benzene rings is 1. The predicted octanol–water partition coefficient (Wildman–Crippen LogP) is 4.35. The first kappa shape index (κ1) is 25.5. The standard InChI is InChI=1S/C27H25ClN8O2S/c1-15(37)21-25(36-12-7-27(8-13-36)23(29)16-4-2-3-5-18(16)38-27)35-24(30)26(34-21)39-19-6-9-33-22(20(19)28)17-14-31-10-11-32-17/h2-6,9-11,14,23H,7-8,12-13,29H2,1H3,(H2,30,35)/t23-/m1/s1. The molecule has 198 valence electrons. The number of Topliss-reactive ketones (excluding diaryl/α,β-unsaturated/α-hetero) is 1. The fraction of sp³-hybridized carbons (Fsp3) is 0.259. The van der Waals surface area contributed by atoms with Crippen LogP contribution in [0.4, 0.5) is 11.6 Å². The molecule has 1 saturated heterocycles. The van der Waals surface area contributed by atoms with E-state index in [1.165, 1.54) is 18.7 Å². The molecule has 10 nitrogen and oxygen atoms in total. The molecule has 2 aliphatic heterocycles. The summed E-state index contributed by atoms with van der Waals surface area (Å²) < 4.78 is 6.36. The van der Waals surface area contributed by atoms with E-state index in [4.69, 9.17) is 27.8 Å². The Balaban J connectivity index is 1.26. The van der Waals surface area contributed by atoms with E-state index in [0.717, 1.165) is 11.3 Å². The minimum absolute atomic E-state index is 0.204. The molecule has 2 aliphatic rings. The van der Waals surface area contributed by atoms with Crippen LogP contribution in [-0.2, 0) is 0 Å². The van der Waals surface area contributed by atoms with Crippen molar-refractivity contribution in [2.45, 2.75) is 41.3 Å². The number of halogens is 1. The van der Waals surface area contributed by atoms with Crippen molar-refractivity contribution >= 4 is 40.8 Å². The monoisotopic (exact) mass is 560 g/mol. The molecule has 4 aromatic rings. The van der Waals surface area contributed by atoms with Crippen molar-refractivity contribution in [3.8, 4) is 17.1 Å². The van der Waals surface area contributed by atoms with Gasteiger partial charge in [0.2, 0.25) is 0 Å². The van der Waals surface area contributed by atoms with Gasteiger partial charge in [-0.25, -0.2) is 9.97 Å². The maximum atomic E-state index is 12.7. The normalized spacial score (nSPS) is 17.6. The van der Waals surface area contributed by atoms with Gasteiger partial charge in [0.1, 0.15) is 33.5 Å². The van der Waals surface area contributed by atoms with Gasteiger partial charge in [0.15, 0.2) is 17.4 Å². The number of carbonyl (C=O) groups excluding carboxylic acids is 1. The number of ether oxygens (including phenoxy) is 1. The molecular formula is C27H25ClN8O2S. The molecular weight excluding hydrogens is 536 g/mol. The molecule has 1 spiro atoms. The van der Waals surface area contributed by atoms with Crippen molar-refractivity contribution in [3.63, 3.8) is 0 Å². The zero-order chi connectivity index (χ0) is 27.1. The van der Waals surface area contributed by atoms with Crippen LogP contribution in [0.15, 0.2) is 65.0 Å². The summed E-state index contributed by atoms with van der Waals surface area (Å²) in [5.74, 6) is 1.30. The fourth-order valence-corrected chi connectivity index (χ4v) is 6.21. The van der Waals surface area contributed by atoms with E-state index in [9.17, 15) is 4.79 Å². The smallest absolute Gasteiger partial charge is 0.181 e. The van der Waals surface area contributed by atoms with E-state index >= 15 is 0 Å². The van der Waals surface area contributed by atoms with Crippen LogP contribution >= 0.6 is 23.4 Å². The molecule has 0 amide bonds. The highest BCUT2D eigenvalue weighted by molar-refractivity contribution is 7.99. The van der Waals surface area contributed by atoms with E-state index in [1.54, 1.807) is 30.9 Å². The van der Waals surface area contributed by atoms with Gasteiger partial charge in [0, 0.05) is 61.9 Å². The molecule has 3 aromatic heterocycles. The Hall–Kier alpha value is -3.80.